The molecular formula is C22H32N6O2. The minimum absolute atomic E-state index is 0.229. The molecule has 4 rings (SSSR count). The first-order valence-corrected chi connectivity index (χ1v) is 10.9. The minimum atomic E-state index is -0.404. The van der Waals surface area contributed by atoms with Crippen LogP contribution in [0.2, 0.25) is 0 Å². The van der Waals surface area contributed by atoms with Crippen LogP contribution in [0.15, 0.2) is 33.9 Å². The zero-order valence-corrected chi connectivity index (χ0v) is 18.2. The van der Waals surface area contributed by atoms with Gasteiger partial charge in [0.25, 0.3) is 5.56 Å². The van der Waals surface area contributed by atoms with Crippen LogP contribution in [0.1, 0.15) is 31.2 Å². The number of hydrogen-bond donors (Lipinski definition) is 1. The Morgan fingerprint density at radius 2 is 1.70 bits per heavy atom. The van der Waals surface area contributed by atoms with Crippen molar-refractivity contribution in [3.63, 3.8) is 0 Å². The Kier molecular flexibility index (Phi) is 5.94. The molecule has 0 bridgehead atoms. The molecule has 0 atom stereocenters. The number of aryl methyl sites for hydroxylation is 2. The average Bonchev–Trinajstić information content (AvgIpc) is 2.77. The summed E-state index contributed by atoms with van der Waals surface area (Å²) in [6.45, 7) is 6.48. The van der Waals surface area contributed by atoms with Crippen molar-refractivity contribution in [2.24, 2.45) is 14.1 Å². The molecule has 0 spiro atoms. The average molecular weight is 413 g/mol. The van der Waals surface area contributed by atoms with E-state index in [0.29, 0.717) is 6.04 Å². The van der Waals surface area contributed by atoms with Crippen molar-refractivity contribution in [3.8, 4) is 0 Å². The van der Waals surface area contributed by atoms with Crippen LogP contribution in [-0.2, 0) is 14.1 Å². The Balaban J connectivity index is 1.29. The third-order valence-corrected chi connectivity index (χ3v) is 6.56. The Morgan fingerprint density at radius 1 is 1.00 bits per heavy atom. The standard InChI is InChI=1S/C22H32N6O2/c1-16-5-4-6-19(15-16)28-13-11-27(12-14-28)18-9-7-17(8-10-18)23-20-21(29)25(2)22(30)26(3)24-20/h4-6,15,17-18H,7-14H2,1-3H3,(H,23,24). The topological polar surface area (TPSA) is 75.4 Å². The summed E-state index contributed by atoms with van der Waals surface area (Å²) in [5, 5.41) is 7.41. The van der Waals surface area contributed by atoms with Crippen LogP contribution in [0.4, 0.5) is 11.5 Å². The van der Waals surface area contributed by atoms with Gasteiger partial charge in [0.2, 0.25) is 5.82 Å². The summed E-state index contributed by atoms with van der Waals surface area (Å²) in [5.74, 6) is 0.273. The lowest BCUT2D eigenvalue weighted by Gasteiger charge is -2.42. The summed E-state index contributed by atoms with van der Waals surface area (Å²) in [4.78, 5) is 29.2. The molecule has 1 aromatic carbocycles. The monoisotopic (exact) mass is 412 g/mol. The molecule has 1 aliphatic heterocycles. The van der Waals surface area contributed by atoms with E-state index in [0.717, 1.165) is 56.4 Å². The number of nitrogens with one attached hydrogen (secondary N) is 1. The highest BCUT2D eigenvalue weighted by Gasteiger charge is 2.29. The Morgan fingerprint density at radius 3 is 2.37 bits per heavy atom. The zero-order chi connectivity index (χ0) is 21.3. The summed E-state index contributed by atoms with van der Waals surface area (Å²) >= 11 is 0. The third-order valence-electron chi connectivity index (χ3n) is 6.56. The second kappa shape index (κ2) is 8.63. The van der Waals surface area contributed by atoms with Crippen LogP contribution < -0.4 is 21.5 Å². The number of benzene rings is 1. The van der Waals surface area contributed by atoms with Gasteiger partial charge in [-0.15, -0.1) is 5.10 Å². The normalized spacial score (nSPS) is 22.8. The van der Waals surface area contributed by atoms with Crippen molar-refractivity contribution in [3.05, 3.63) is 50.7 Å². The maximum Gasteiger partial charge on any atom is 0.346 e. The van der Waals surface area contributed by atoms with Crippen LogP contribution in [-0.4, -0.2) is 57.5 Å². The van der Waals surface area contributed by atoms with Crippen molar-refractivity contribution in [1.82, 2.24) is 19.2 Å². The van der Waals surface area contributed by atoms with E-state index in [1.807, 2.05) is 0 Å². The first kappa shape index (κ1) is 20.7. The fourth-order valence-electron chi connectivity index (χ4n) is 4.74. The molecule has 0 unspecified atom stereocenters. The maximum atomic E-state index is 12.3. The van der Waals surface area contributed by atoms with E-state index in [4.69, 9.17) is 0 Å². The van der Waals surface area contributed by atoms with Crippen LogP contribution in [0.5, 0.6) is 0 Å². The number of nitrogens with zero attached hydrogens (tertiary/aromatic N) is 5. The number of rotatable bonds is 4. The molecule has 0 radical (unpaired) electrons. The van der Waals surface area contributed by atoms with Gasteiger partial charge in [-0.3, -0.25) is 14.3 Å². The molecule has 1 aliphatic carbocycles. The Hall–Kier alpha value is -2.61. The third kappa shape index (κ3) is 4.28. The lowest BCUT2D eigenvalue weighted by atomic mass is 9.89. The molecule has 1 saturated heterocycles. The molecular weight excluding hydrogens is 380 g/mol. The van der Waals surface area contributed by atoms with Crippen LogP contribution in [0, 0.1) is 6.92 Å². The second-order valence-electron chi connectivity index (χ2n) is 8.63. The van der Waals surface area contributed by atoms with Crippen LogP contribution in [0.25, 0.3) is 0 Å². The number of hydrogen-bond acceptors (Lipinski definition) is 6. The van der Waals surface area contributed by atoms with E-state index in [9.17, 15) is 9.59 Å². The molecule has 2 heterocycles. The summed E-state index contributed by atoms with van der Waals surface area (Å²) in [6, 6.07) is 9.60. The number of piperazine rings is 1. The fraction of sp³-hybridized carbons (Fsp3) is 0.591. The molecule has 2 fully saturated rings. The predicted octanol–water partition coefficient (Wildman–Crippen LogP) is 1.33. The highest BCUT2D eigenvalue weighted by molar-refractivity contribution is 5.48. The van der Waals surface area contributed by atoms with Gasteiger partial charge in [-0.05, 0) is 50.3 Å². The molecule has 162 valence electrons. The summed E-state index contributed by atoms with van der Waals surface area (Å²) in [7, 11) is 3.06. The van der Waals surface area contributed by atoms with Gasteiger partial charge >= 0.3 is 5.69 Å². The molecule has 8 heteroatoms. The SMILES string of the molecule is Cc1cccc(N2CCN(C3CCC(Nc4nn(C)c(=O)n(C)c4=O)CC3)CC2)c1. The summed E-state index contributed by atoms with van der Waals surface area (Å²) in [6.07, 6.45) is 4.26. The maximum absolute atomic E-state index is 12.3. The van der Waals surface area contributed by atoms with Gasteiger partial charge < -0.3 is 10.2 Å². The summed E-state index contributed by atoms with van der Waals surface area (Å²) in [5.41, 5.74) is 1.88. The van der Waals surface area contributed by atoms with Gasteiger partial charge in [0.15, 0.2) is 0 Å². The van der Waals surface area contributed by atoms with E-state index in [2.05, 4.69) is 51.4 Å². The number of anilines is 2. The first-order valence-electron chi connectivity index (χ1n) is 10.9. The van der Waals surface area contributed by atoms with Gasteiger partial charge in [-0.2, -0.15) is 0 Å². The molecule has 1 N–H and O–H groups in total. The van der Waals surface area contributed by atoms with E-state index in [1.54, 1.807) is 7.05 Å². The smallest absolute Gasteiger partial charge is 0.346 e. The predicted molar refractivity (Wildman–Crippen MR) is 119 cm³/mol. The molecule has 1 saturated carbocycles. The van der Waals surface area contributed by atoms with Gasteiger partial charge in [0.1, 0.15) is 0 Å². The van der Waals surface area contributed by atoms with Gasteiger partial charge in [-0.1, -0.05) is 12.1 Å². The quantitative estimate of drug-likeness (QED) is 0.817. The summed E-state index contributed by atoms with van der Waals surface area (Å²) < 4.78 is 2.32. The fourth-order valence-corrected chi connectivity index (χ4v) is 4.74. The van der Waals surface area contributed by atoms with Gasteiger partial charge in [-0.25, -0.2) is 9.48 Å². The molecule has 2 aliphatic rings. The van der Waals surface area contributed by atoms with E-state index in [1.165, 1.54) is 23.0 Å². The van der Waals surface area contributed by atoms with E-state index < -0.39 is 5.69 Å². The van der Waals surface area contributed by atoms with Crippen molar-refractivity contribution in [1.29, 1.82) is 0 Å². The van der Waals surface area contributed by atoms with Gasteiger partial charge in [0.05, 0.1) is 0 Å². The van der Waals surface area contributed by atoms with Crippen LogP contribution >= 0.6 is 0 Å². The largest absolute Gasteiger partial charge is 0.369 e. The van der Waals surface area contributed by atoms with E-state index >= 15 is 0 Å². The molecule has 0 amide bonds. The lowest BCUT2D eigenvalue weighted by molar-refractivity contribution is 0.144. The molecule has 8 nitrogen and oxygen atoms in total. The Labute approximate surface area is 177 Å². The lowest BCUT2D eigenvalue weighted by Crippen LogP contribution is -2.52. The van der Waals surface area contributed by atoms with Crippen LogP contribution in [0.3, 0.4) is 0 Å². The first-order chi connectivity index (χ1) is 14.4. The highest BCUT2D eigenvalue weighted by atomic mass is 16.2. The highest BCUT2D eigenvalue weighted by Crippen LogP contribution is 2.26. The van der Waals surface area contributed by atoms with Crippen molar-refractivity contribution in [2.75, 3.05) is 36.4 Å². The zero-order valence-electron chi connectivity index (χ0n) is 18.2. The minimum Gasteiger partial charge on any atom is -0.369 e. The number of aromatic nitrogens is 3. The Bertz CT molecular complexity index is 997. The van der Waals surface area contributed by atoms with E-state index in [-0.39, 0.29) is 17.4 Å². The van der Waals surface area contributed by atoms with Crippen molar-refractivity contribution in [2.45, 2.75) is 44.7 Å². The molecule has 1 aromatic heterocycles. The molecule has 30 heavy (non-hydrogen) atoms. The molecule has 2 aromatic rings. The van der Waals surface area contributed by atoms with Crippen molar-refractivity contribution < 1.29 is 0 Å². The van der Waals surface area contributed by atoms with Crippen molar-refractivity contribution >= 4 is 11.5 Å². The van der Waals surface area contributed by atoms with Gasteiger partial charge in [0, 0.05) is 58.0 Å². The second-order valence-corrected chi connectivity index (χ2v) is 8.63.